The molecule has 0 spiro atoms. The summed E-state index contributed by atoms with van der Waals surface area (Å²) in [6.07, 6.45) is 1.13. The minimum absolute atomic E-state index is 0.201. The first-order valence-electron chi connectivity index (χ1n) is 6.91. The molecule has 0 aliphatic rings. The Morgan fingerprint density at radius 1 is 1.05 bits per heavy atom. The highest BCUT2D eigenvalue weighted by Gasteiger charge is 2.13. The highest BCUT2D eigenvalue weighted by molar-refractivity contribution is 5.63. The first-order chi connectivity index (χ1) is 9.11. The van der Waals surface area contributed by atoms with E-state index in [1.807, 2.05) is 18.2 Å². The van der Waals surface area contributed by atoms with Gasteiger partial charge in [0.1, 0.15) is 0 Å². The van der Waals surface area contributed by atoms with E-state index < -0.39 is 0 Å². The summed E-state index contributed by atoms with van der Waals surface area (Å²) in [6, 6.07) is 19.9. The van der Waals surface area contributed by atoms with Gasteiger partial charge in [0.05, 0.1) is 0 Å². The quantitative estimate of drug-likeness (QED) is 0.830. The van der Waals surface area contributed by atoms with E-state index in [9.17, 15) is 0 Å². The summed E-state index contributed by atoms with van der Waals surface area (Å²) in [5.74, 6) is 0. The Balaban J connectivity index is 2.03. The average Bonchev–Trinajstić information content (AvgIpc) is 2.47. The van der Waals surface area contributed by atoms with Crippen LogP contribution in [0.5, 0.6) is 0 Å². The van der Waals surface area contributed by atoms with Crippen molar-refractivity contribution in [1.82, 2.24) is 5.32 Å². The summed E-state index contributed by atoms with van der Waals surface area (Å²) in [4.78, 5) is 0. The second kappa shape index (κ2) is 6.03. The van der Waals surface area contributed by atoms with Gasteiger partial charge in [0.25, 0.3) is 0 Å². The lowest BCUT2D eigenvalue weighted by atomic mass is 10.0. The van der Waals surface area contributed by atoms with Crippen LogP contribution >= 0.6 is 0 Å². The van der Waals surface area contributed by atoms with E-state index in [4.69, 9.17) is 0 Å². The Hall–Kier alpha value is -1.60. The van der Waals surface area contributed by atoms with Gasteiger partial charge in [-0.2, -0.15) is 0 Å². The number of rotatable bonds is 5. The molecule has 2 rings (SSSR count). The lowest BCUT2D eigenvalue weighted by molar-refractivity contribution is 0.374. The SMILES string of the molecule is CCC(C)(C)NCc1ccc(-c2c[c]ccc2)cc1. The van der Waals surface area contributed by atoms with Crippen LogP contribution in [-0.4, -0.2) is 5.54 Å². The summed E-state index contributed by atoms with van der Waals surface area (Å²) >= 11 is 0. The third-order valence-electron chi connectivity index (χ3n) is 3.65. The van der Waals surface area contributed by atoms with Crippen LogP contribution in [0.15, 0.2) is 48.5 Å². The lowest BCUT2D eigenvalue weighted by Crippen LogP contribution is -2.37. The molecule has 2 aromatic carbocycles. The van der Waals surface area contributed by atoms with Crippen LogP contribution in [0.4, 0.5) is 0 Å². The maximum absolute atomic E-state index is 3.58. The molecule has 0 amide bonds. The largest absolute Gasteiger partial charge is 0.308 e. The van der Waals surface area contributed by atoms with Gasteiger partial charge in [0.15, 0.2) is 0 Å². The fraction of sp³-hybridized carbons (Fsp3) is 0.333. The van der Waals surface area contributed by atoms with E-state index in [0.717, 1.165) is 13.0 Å². The zero-order valence-corrected chi connectivity index (χ0v) is 12.0. The van der Waals surface area contributed by atoms with Crippen molar-refractivity contribution in [1.29, 1.82) is 0 Å². The first kappa shape index (κ1) is 13.8. The molecule has 0 unspecified atom stereocenters. The molecule has 0 atom stereocenters. The Kier molecular flexibility index (Phi) is 4.39. The molecule has 2 aromatic rings. The minimum atomic E-state index is 0.201. The van der Waals surface area contributed by atoms with E-state index in [2.05, 4.69) is 62.5 Å². The summed E-state index contributed by atoms with van der Waals surface area (Å²) < 4.78 is 0. The highest BCUT2D eigenvalue weighted by atomic mass is 14.9. The van der Waals surface area contributed by atoms with Crippen LogP contribution in [0.1, 0.15) is 32.8 Å². The molecule has 1 N–H and O–H groups in total. The van der Waals surface area contributed by atoms with Gasteiger partial charge in [0, 0.05) is 12.1 Å². The predicted octanol–water partition coefficient (Wildman–Crippen LogP) is 4.43. The van der Waals surface area contributed by atoms with Crippen molar-refractivity contribution in [2.75, 3.05) is 0 Å². The monoisotopic (exact) mass is 252 g/mol. The second-order valence-corrected chi connectivity index (χ2v) is 5.58. The van der Waals surface area contributed by atoms with Gasteiger partial charge in [-0.25, -0.2) is 0 Å². The van der Waals surface area contributed by atoms with Crippen molar-refractivity contribution < 1.29 is 0 Å². The smallest absolute Gasteiger partial charge is 0.0210 e. The molecule has 0 aromatic heterocycles. The maximum Gasteiger partial charge on any atom is 0.0210 e. The van der Waals surface area contributed by atoms with Crippen LogP contribution in [-0.2, 0) is 6.54 Å². The fourth-order valence-electron chi connectivity index (χ4n) is 1.85. The number of hydrogen-bond donors (Lipinski definition) is 1. The molecular formula is C18H22N. The number of hydrogen-bond acceptors (Lipinski definition) is 1. The maximum atomic E-state index is 3.58. The lowest BCUT2D eigenvalue weighted by Gasteiger charge is -2.24. The minimum Gasteiger partial charge on any atom is -0.308 e. The molecule has 1 nitrogen and oxygen atoms in total. The van der Waals surface area contributed by atoms with Crippen molar-refractivity contribution in [2.24, 2.45) is 0 Å². The zero-order chi connectivity index (χ0) is 13.7. The normalized spacial score (nSPS) is 11.5. The van der Waals surface area contributed by atoms with Crippen molar-refractivity contribution >= 4 is 0 Å². The van der Waals surface area contributed by atoms with Gasteiger partial charge in [-0.05, 0) is 49.1 Å². The second-order valence-electron chi connectivity index (χ2n) is 5.58. The summed E-state index contributed by atoms with van der Waals surface area (Å²) in [5, 5.41) is 3.58. The topological polar surface area (TPSA) is 12.0 Å². The first-order valence-corrected chi connectivity index (χ1v) is 6.91. The van der Waals surface area contributed by atoms with Crippen LogP contribution in [0.25, 0.3) is 11.1 Å². The van der Waals surface area contributed by atoms with E-state index in [-0.39, 0.29) is 5.54 Å². The van der Waals surface area contributed by atoms with E-state index >= 15 is 0 Å². The van der Waals surface area contributed by atoms with Gasteiger partial charge >= 0.3 is 0 Å². The van der Waals surface area contributed by atoms with Crippen LogP contribution < -0.4 is 5.32 Å². The average molecular weight is 252 g/mol. The third-order valence-corrected chi connectivity index (χ3v) is 3.65. The van der Waals surface area contributed by atoms with Gasteiger partial charge in [-0.1, -0.05) is 49.4 Å². The Morgan fingerprint density at radius 3 is 2.37 bits per heavy atom. The number of nitrogens with one attached hydrogen (secondary N) is 1. The van der Waals surface area contributed by atoms with Crippen molar-refractivity contribution in [2.45, 2.75) is 39.3 Å². The van der Waals surface area contributed by atoms with E-state index in [1.165, 1.54) is 16.7 Å². The van der Waals surface area contributed by atoms with E-state index in [1.54, 1.807) is 0 Å². The molecular weight excluding hydrogens is 230 g/mol. The van der Waals surface area contributed by atoms with Crippen molar-refractivity contribution in [3.05, 3.63) is 60.2 Å². The van der Waals surface area contributed by atoms with Crippen molar-refractivity contribution in [3.63, 3.8) is 0 Å². The summed E-state index contributed by atoms with van der Waals surface area (Å²) in [5.41, 5.74) is 3.99. The summed E-state index contributed by atoms with van der Waals surface area (Å²) in [6.45, 7) is 7.60. The Morgan fingerprint density at radius 2 is 1.79 bits per heavy atom. The zero-order valence-electron chi connectivity index (χ0n) is 12.0. The Bertz CT molecular complexity index is 497. The van der Waals surface area contributed by atoms with Crippen LogP contribution in [0.2, 0.25) is 0 Å². The van der Waals surface area contributed by atoms with Crippen molar-refractivity contribution in [3.8, 4) is 11.1 Å². The predicted molar refractivity (Wildman–Crippen MR) is 81.9 cm³/mol. The molecule has 99 valence electrons. The van der Waals surface area contributed by atoms with Crippen LogP contribution in [0, 0.1) is 6.07 Å². The number of benzene rings is 2. The molecule has 0 saturated heterocycles. The molecule has 0 bridgehead atoms. The van der Waals surface area contributed by atoms with Gasteiger partial charge in [-0.3, -0.25) is 0 Å². The van der Waals surface area contributed by atoms with E-state index in [0.29, 0.717) is 0 Å². The molecule has 0 aliphatic heterocycles. The standard InChI is InChI=1S/C18H22N/c1-4-18(2,3)19-14-15-10-12-17(13-11-15)16-8-6-5-7-9-16/h5-6,8-13,19H,4,14H2,1-3H3. The molecule has 1 radical (unpaired) electrons. The molecule has 0 heterocycles. The van der Waals surface area contributed by atoms with Gasteiger partial charge in [-0.15, -0.1) is 0 Å². The molecule has 0 fully saturated rings. The molecule has 0 saturated carbocycles. The third kappa shape index (κ3) is 3.93. The fourth-order valence-corrected chi connectivity index (χ4v) is 1.85. The highest BCUT2D eigenvalue weighted by Crippen LogP contribution is 2.19. The molecule has 0 aliphatic carbocycles. The Labute approximate surface area is 116 Å². The van der Waals surface area contributed by atoms with Gasteiger partial charge < -0.3 is 5.32 Å². The van der Waals surface area contributed by atoms with Gasteiger partial charge in [0.2, 0.25) is 0 Å². The molecule has 1 heteroatoms. The summed E-state index contributed by atoms with van der Waals surface area (Å²) in [7, 11) is 0. The molecule has 19 heavy (non-hydrogen) atoms. The van der Waals surface area contributed by atoms with Crippen LogP contribution in [0.3, 0.4) is 0 Å².